The normalized spacial score (nSPS) is 14.1. The molecule has 0 unspecified atom stereocenters. The molecule has 3 aromatic rings. The molecule has 1 aliphatic heterocycles. The van der Waals surface area contributed by atoms with Crippen molar-refractivity contribution in [2.24, 2.45) is 5.10 Å². The number of carbonyl (C=O) groups excluding carboxylic acids is 2. The van der Waals surface area contributed by atoms with E-state index in [1.807, 2.05) is 0 Å². The fourth-order valence-electron chi connectivity index (χ4n) is 3.33. The van der Waals surface area contributed by atoms with E-state index in [0.29, 0.717) is 11.3 Å². The van der Waals surface area contributed by atoms with E-state index < -0.39 is 16.7 Å². The number of nitro benzene ring substituents is 1. The van der Waals surface area contributed by atoms with Crippen LogP contribution in [0.1, 0.15) is 15.9 Å². The molecule has 12 heteroatoms. The second-order valence-corrected chi connectivity index (χ2v) is 8.63. The summed E-state index contributed by atoms with van der Waals surface area (Å²) >= 11 is 18.6. The van der Waals surface area contributed by atoms with E-state index >= 15 is 0 Å². The van der Waals surface area contributed by atoms with Crippen LogP contribution in [-0.4, -0.2) is 29.7 Å². The number of nitrogens with one attached hydrogen (secondary N) is 1. The third kappa shape index (κ3) is 5.18. The average Bonchev–Trinajstić information content (AvgIpc) is 3.13. The molecule has 0 saturated heterocycles. The Hall–Kier alpha value is -3.92. The van der Waals surface area contributed by atoms with Gasteiger partial charge in [0.1, 0.15) is 11.4 Å². The molecule has 182 valence electrons. The molecule has 0 bridgehead atoms. The zero-order chi connectivity index (χ0) is 26.0. The molecule has 36 heavy (non-hydrogen) atoms. The molecule has 4 rings (SSSR count). The van der Waals surface area contributed by atoms with Gasteiger partial charge in [-0.1, -0.05) is 53.0 Å². The van der Waals surface area contributed by atoms with Crippen LogP contribution in [0, 0.1) is 10.1 Å². The number of benzene rings is 3. The quantitative estimate of drug-likeness (QED) is 0.250. The van der Waals surface area contributed by atoms with E-state index in [0.717, 1.165) is 11.1 Å². The van der Waals surface area contributed by atoms with Gasteiger partial charge in [0.2, 0.25) is 0 Å². The SMILES string of the molecule is COc1ccc(/C=C2\C(=O)N(c3c(Cl)cc(Cl)cc3Cl)N=C2NC(=O)c2cccc([N+](=O)[O-])c2)cc1. The van der Waals surface area contributed by atoms with Crippen LogP contribution in [0.4, 0.5) is 11.4 Å². The first-order valence-corrected chi connectivity index (χ1v) is 11.3. The number of methoxy groups -OCH3 is 1. The molecular weight excluding hydrogens is 531 g/mol. The summed E-state index contributed by atoms with van der Waals surface area (Å²) in [5.74, 6) is -0.814. The average molecular weight is 546 g/mol. The minimum Gasteiger partial charge on any atom is -0.497 e. The van der Waals surface area contributed by atoms with Crippen molar-refractivity contribution in [3.63, 3.8) is 0 Å². The van der Waals surface area contributed by atoms with E-state index in [-0.39, 0.29) is 43.4 Å². The molecule has 0 fully saturated rings. The predicted octanol–water partition coefficient (Wildman–Crippen LogP) is 5.74. The fourth-order valence-corrected chi connectivity index (χ4v) is 4.31. The highest BCUT2D eigenvalue weighted by molar-refractivity contribution is 6.44. The molecule has 0 radical (unpaired) electrons. The van der Waals surface area contributed by atoms with Crippen molar-refractivity contribution in [2.45, 2.75) is 0 Å². The lowest BCUT2D eigenvalue weighted by Crippen LogP contribution is -2.31. The highest BCUT2D eigenvalue weighted by atomic mass is 35.5. The second-order valence-electron chi connectivity index (χ2n) is 7.38. The van der Waals surface area contributed by atoms with Crippen molar-refractivity contribution in [1.82, 2.24) is 5.32 Å². The van der Waals surface area contributed by atoms with Gasteiger partial charge in [-0.3, -0.25) is 19.7 Å². The van der Waals surface area contributed by atoms with Gasteiger partial charge in [-0.15, -0.1) is 5.10 Å². The Morgan fingerprint density at radius 3 is 2.36 bits per heavy atom. The third-order valence-corrected chi connectivity index (χ3v) is 5.84. The van der Waals surface area contributed by atoms with Crippen molar-refractivity contribution in [3.05, 3.63) is 103 Å². The topological polar surface area (TPSA) is 114 Å². The summed E-state index contributed by atoms with van der Waals surface area (Å²) in [6.07, 6.45) is 1.52. The van der Waals surface area contributed by atoms with Gasteiger partial charge in [0.05, 0.1) is 27.7 Å². The van der Waals surface area contributed by atoms with E-state index in [1.54, 1.807) is 24.3 Å². The van der Waals surface area contributed by atoms with Gasteiger partial charge in [-0.25, -0.2) is 0 Å². The zero-order valence-corrected chi connectivity index (χ0v) is 20.6. The summed E-state index contributed by atoms with van der Waals surface area (Å²) in [7, 11) is 1.53. The van der Waals surface area contributed by atoms with Crippen LogP contribution in [0.15, 0.2) is 71.3 Å². The van der Waals surface area contributed by atoms with Crippen LogP contribution < -0.4 is 15.1 Å². The van der Waals surface area contributed by atoms with Gasteiger partial charge >= 0.3 is 0 Å². The molecule has 1 aliphatic rings. The smallest absolute Gasteiger partial charge is 0.282 e. The molecule has 0 atom stereocenters. The van der Waals surface area contributed by atoms with Gasteiger partial charge in [0.25, 0.3) is 17.5 Å². The molecule has 0 saturated carbocycles. The van der Waals surface area contributed by atoms with E-state index in [4.69, 9.17) is 39.5 Å². The highest BCUT2D eigenvalue weighted by Crippen LogP contribution is 2.39. The van der Waals surface area contributed by atoms with Gasteiger partial charge in [-0.05, 0) is 42.0 Å². The summed E-state index contributed by atoms with van der Waals surface area (Å²) in [6.45, 7) is 0. The predicted molar refractivity (Wildman–Crippen MR) is 138 cm³/mol. The van der Waals surface area contributed by atoms with Crippen LogP contribution in [0.25, 0.3) is 6.08 Å². The first kappa shape index (κ1) is 25.2. The number of carbonyl (C=O) groups is 2. The monoisotopic (exact) mass is 544 g/mol. The molecule has 1 N–H and O–H groups in total. The molecule has 9 nitrogen and oxygen atoms in total. The number of halogens is 3. The number of anilines is 1. The lowest BCUT2D eigenvalue weighted by Gasteiger charge is -2.15. The Morgan fingerprint density at radius 1 is 1.08 bits per heavy atom. The number of rotatable bonds is 5. The summed E-state index contributed by atoms with van der Waals surface area (Å²) in [5.41, 5.74) is 0.465. The number of nitro groups is 1. The van der Waals surface area contributed by atoms with Crippen molar-refractivity contribution >= 4 is 69.9 Å². The summed E-state index contributed by atoms with van der Waals surface area (Å²) in [4.78, 5) is 36.8. The fraction of sp³-hybridized carbons (Fsp3) is 0.0417. The van der Waals surface area contributed by atoms with Crippen molar-refractivity contribution in [1.29, 1.82) is 0 Å². The van der Waals surface area contributed by atoms with Crippen molar-refractivity contribution in [2.75, 3.05) is 12.1 Å². The number of non-ortho nitro benzene ring substituents is 1. The lowest BCUT2D eigenvalue weighted by molar-refractivity contribution is -0.384. The standard InChI is InChI=1S/C24H15Cl3N4O5/c1-36-17-7-5-13(6-8-17)9-18-22(28-23(32)14-3-2-4-16(10-14)31(34)35)29-30(24(18)33)21-19(26)11-15(25)12-20(21)27/h2-12H,1H3,(H,28,29,32)/b18-9-. The number of amides is 2. The Bertz CT molecular complexity index is 1430. The molecule has 0 aliphatic carbocycles. The van der Waals surface area contributed by atoms with Crippen LogP contribution >= 0.6 is 34.8 Å². The maximum absolute atomic E-state index is 13.4. The minimum atomic E-state index is -0.707. The van der Waals surface area contributed by atoms with Crippen molar-refractivity contribution in [3.8, 4) is 5.75 Å². The Kier molecular flexibility index (Phi) is 7.25. The minimum absolute atomic E-state index is 0.00385. The number of ether oxygens (including phenoxy) is 1. The zero-order valence-electron chi connectivity index (χ0n) is 18.4. The Labute approximate surface area is 219 Å². The largest absolute Gasteiger partial charge is 0.497 e. The summed E-state index contributed by atoms with van der Waals surface area (Å²) < 4.78 is 5.16. The van der Waals surface area contributed by atoms with Gasteiger partial charge in [0, 0.05) is 22.7 Å². The first-order chi connectivity index (χ1) is 17.2. The molecular formula is C24H15Cl3N4O5. The maximum atomic E-state index is 13.4. The van der Waals surface area contributed by atoms with Crippen LogP contribution in [0.2, 0.25) is 15.1 Å². The van der Waals surface area contributed by atoms with Crippen LogP contribution in [-0.2, 0) is 4.79 Å². The highest BCUT2D eigenvalue weighted by Gasteiger charge is 2.35. The van der Waals surface area contributed by atoms with E-state index in [1.165, 1.54) is 43.5 Å². The Balaban J connectivity index is 1.76. The van der Waals surface area contributed by atoms with Crippen molar-refractivity contribution < 1.29 is 19.2 Å². The molecule has 0 spiro atoms. The number of hydrazone groups is 1. The van der Waals surface area contributed by atoms with Crippen LogP contribution in [0.3, 0.4) is 0 Å². The third-order valence-electron chi connectivity index (χ3n) is 5.05. The second kappa shape index (κ2) is 10.4. The van der Waals surface area contributed by atoms with Gasteiger partial charge in [-0.2, -0.15) is 5.01 Å². The Morgan fingerprint density at radius 2 is 1.75 bits per heavy atom. The summed E-state index contributed by atoms with van der Waals surface area (Å²) in [6, 6.07) is 14.8. The lowest BCUT2D eigenvalue weighted by atomic mass is 10.1. The van der Waals surface area contributed by atoms with Gasteiger partial charge in [0.15, 0.2) is 5.84 Å². The van der Waals surface area contributed by atoms with E-state index in [9.17, 15) is 19.7 Å². The van der Waals surface area contributed by atoms with E-state index in [2.05, 4.69) is 10.4 Å². The van der Waals surface area contributed by atoms with Crippen LogP contribution in [0.5, 0.6) is 5.75 Å². The first-order valence-electron chi connectivity index (χ1n) is 10.2. The summed E-state index contributed by atoms with van der Waals surface area (Å²) in [5, 5.41) is 19.3. The molecule has 1 heterocycles. The maximum Gasteiger partial charge on any atom is 0.282 e. The number of nitrogens with zero attached hydrogens (tertiary/aromatic N) is 3. The number of hydrogen-bond acceptors (Lipinski definition) is 6. The molecule has 0 aromatic heterocycles. The number of hydrogen-bond donors (Lipinski definition) is 1. The van der Waals surface area contributed by atoms with Gasteiger partial charge < -0.3 is 10.1 Å². The number of amidine groups is 1. The molecule has 3 aromatic carbocycles. The molecule has 2 amide bonds.